The first-order valence-electron chi connectivity index (χ1n) is 7.52. The molecule has 1 atom stereocenters. The van der Waals surface area contributed by atoms with Crippen molar-refractivity contribution in [1.29, 1.82) is 0 Å². The van der Waals surface area contributed by atoms with Gasteiger partial charge in [-0.15, -0.1) is 0 Å². The van der Waals surface area contributed by atoms with E-state index in [0.29, 0.717) is 17.9 Å². The Morgan fingerprint density at radius 3 is 2.67 bits per heavy atom. The fourth-order valence-electron chi connectivity index (χ4n) is 2.62. The van der Waals surface area contributed by atoms with Gasteiger partial charge in [0.05, 0.1) is 22.5 Å². The first kappa shape index (κ1) is 16.1. The molecule has 2 rings (SSSR count). The highest BCUT2D eigenvalue weighted by Gasteiger charge is 2.17. The topological polar surface area (TPSA) is 38.0 Å². The number of rotatable bonds is 6. The van der Waals surface area contributed by atoms with Crippen LogP contribution in [0.2, 0.25) is 5.02 Å². The van der Waals surface area contributed by atoms with Crippen LogP contribution in [0.5, 0.6) is 0 Å². The van der Waals surface area contributed by atoms with Gasteiger partial charge in [0.25, 0.3) is 0 Å². The van der Waals surface area contributed by atoms with E-state index in [1.807, 2.05) is 30.7 Å². The molecule has 0 radical (unpaired) electrons. The van der Waals surface area contributed by atoms with Crippen molar-refractivity contribution in [1.82, 2.24) is 9.78 Å². The summed E-state index contributed by atoms with van der Waals surface area (Å²) in [6.45, 7) is 6.92. The van der Waals surface area contributed by atoms with E-state index in [-0.39, 0.29) is 0 Å². The fraction of sp³-hybridized carbons (Fsp3) is 0.471. The average molecular weight is 307 g/mol. The van der Waals surface area contributed by atoms with Crippen LogP contribution in [0.15, 0.2) is 24.3 Å². The average Bonchev–Trinajstić information content (AvgIpc) is 2.75. The summed E-state index contributed by atoms with van der Waals surface area (Å²) < 4.78 is 1.90. The van der Waals surface area contributed by atoms with Crippen molar-refractivity contribution in [3.05, 3.63) is 51.8 Å². The summed E-state index contributed by atoms with van der Waals surface area (Å²) in [4.78, 5) is 0. The second-order valence-electron chi connectivity index (χ2n) is 5.43. The van der Waals surface area contributed by atoms with Crippen LogP contribution in [0, 0.1) is 6.92 Å². The Morgan fingerprint density at radius 2 is 2.05 bits per heavy atom. The van der Waals surface area contributed by atoms with Crippen molar-refractivity contribution in [2.75, 3.05) is 0 Å². The number of aliphatic hydroxyl groups is 1. The quantitative estimate of drug-likeness (QED) is 0.886. The van der Waals surface area contributed by atoms with Gasteiger partial charge in [-0.2, -0.15) is 5.10 Å². The second-order valence-corrected chi connectivity index (χ2v) is 5.81. The monoisotopic (exact) mass is 306 g/mol. The number of benzene rings is 1. The van der Waals surface area contributed by atoms with Crippen LogP contribution in [0.4, 0.5) is 0 Å². The maximum absolute atomic E-state index is 10.4. The molecule has 1 aromatic carbocycles. The standard InChI is InChI=1S/C17H23ClN2O/c1-4-15-17(18)16(20(5-2)19-15)11-14(21)10-13-8-6-7-12(3)9-13/h6-9,14,21H,4-5,10-11H2,1-3H3. The Kier molecular flexibility index (Phi) is 5.43. The van der Waals surface area contributed by atoms with Gasteiger partial charge < -0.3 is 5.11 Å². The van der Waals surface area contributed by atoms with Crippen LogP contribution in [-0.2, 0) is 25.8 Å². The Morgan fingerprint density at radius 1 is 1.29 bits per heavy atom. The van der Waals surface area contributed by atoms with E-state index in [1.165, 1.54) is 5.56 Å². The zero-order chi connectivity index (χ0) is 15.4. The Balaban J connectivity index is 2.12. The van der Waals surface area contributed by atoms with E-state index in [1.54, 1.807) is 0 Å². The lowest BCUT2D eigenvalue weighted by atomic mass is 10.0. The lowest BCUT2D eigenvalue weighted by molar-refractivity contribution is 0.172. The van der Waals surface area contributed by atoms with Crippen molar-refractivity contribution < 1.29 is 5.11 Å². The lowest BCUT2D eigenvalue weighted by Crippen LogP contribution is -2.17. The van der Waals surface area contributed by atoms with Crippen LogP contribution >= 0.6 is 11.6 Å². The highest BCUT2D eigenvalue weighted by molar-refractivity contribution is 6.31. The molecule has 1 N–H and O–H groups in total. The molecule has 1 unspecified atom stereocenters. The molecule has 0 saturated carbocycles. The largest absolute Gasteiger partial charge is 0.392 e. The minimum Gasteiger partial charge on any atom is -0.392 e. The molecule has 0 saturated heterocycles. The molecule has 0 amide bonds. The molecule has 2 aromatic rings. The Hall–Kier alpha value is -1.32. The third-order valence-electron chi connectivity index (χ3n) is 3.68. The Bertz CT molecular complexity index is 607. The van der Waals surface area contributed by atoms with Crippen LogP contribution in [-0.4, -0.2) is 21.0 Å². The van der Waals surface area contributed by atoms with Crippen LogP contribution in [0.3, 0.4) is 0 Å². The summed E-state index contributed by atoms with van der Waals surface area (Å²) in [5.74, 6) is 0. The molecular weight excluding hydrogens is 284 g/mol. The molecule has 114 valence electrons. The predicted octanol–water partition coefficient (Wildman–Crippen LogP) is 3.57. The minimum absolute atomic E-state index is 0.448. The van der Waals surface area contributed by atoms with Gasteiger partial charge in [-0.05, 0) is 32.3 Å². The van der Waals surface area contributed by atoms with Crippen LogP contribution in [0.1, 0.15) is 36.4 Å². The number of aromatic nitrogens is 2. The van der Waals surface area contributed by atoms with E-state index in [0.717, 1.165) is 29.9 Å². The number of nitrogens with zero attached hydrogens (tertiary/aromatic N) is 2. The van der Waals surface area contributed by atoms with E-state index in [4.69, 9.17) is 11.6 Å². The first-order valence-corrected chi connectivity index (χ1v) is 7.90. The first-order chi connectivity index (χ1) is 10.0. The summed E-state index contributed by atoms with van der Waals surface area (Å²) in [5, 5.41) is 15.6. The molecule has 3 nitrogen and oxygen atoms in total. The van der Waals surface area contributed by atoms with Crippen molar-refractivity contribution in [3.8, 4) is 0 Å². The molecule has 1 heterocycles. The molecule has 1 aromatic heterocycles. The SMILES string of the molecule is CCc1nn(CC)c(CC(O)Cc2cccc(C)c2)c1Cl. The van der Waals surface area contributed by atoms with Crippen LogP contribution < -0.4 is 0 Å². The molecule has 4 heteroatoms. The number of hydrogen-bond acceptors (Lipinski definition) is 2. The van der Waals surface area contributed by atoms with Gasteiger partial charge in [0.15, 0.2) is 0 Å². The normalized spacial score (nSPS) is 12.6. The second kappa shape index (κ2) is 7.10. The molecule has 0 spiro atoms. The molecule has 0 aliphatic carbocycles. The van der Waals surface area contributed by atoms with Gasteiger partial charge in [-0.25, -0.2) is 0 Å². The van der Waals surface area contributed by atoms with Gasteiger partial charge in [0.1, 0.15) is 0 Å². The maximum atomic E-state index is 10.4. The molecule has 0 bridgehead atoms. The van der Waals surface area contributed by atoms with Crippen molar-refractivity contribution in [2.24, 2.45) is 0 Å². The summed E-state index contributed by atoms with van der Waals surface area (Å²) in [7, 11) is 0. The van der Waals surface area contributed by atoms with Crippen molar-refractivity contribution >= 4 is 11.6 Å². The summed E-state index contributed by atoms with van der Waals surface area (Å²) in [6, 6.07) is 8.24. The highest BCUT2D eigenvalue weighted by Crippen LogP contribution is 2.23. The molecular formula is C17H23ClN2O. The molecule has 21 heavy (non-hydrogen) atoms. The number of halogens is 1. The van der Waals surface area contributed by atoms with E-state index in [2.05, 4.69) is 24.2 Å². The van der Waals surface area contributed by atoms with Gasteiger partial charge in [-0.1, -0.05) is 48.4 Å². The highest BCUT2D eigenvalue weighted by atomic mass is 35.5. The zero-order valence-electron chi connectivity index (χ0n) is 12.9. The minimum atomic E-state index is -0.448. The van der Waals surface area contributed by atoms with E-state index < -0.39 is 6.10 Å². The number of aliphatic hydroxyl groups excluding tert-OH is 1. The maximum Gasteiger partial charge on any atom is 0.0850 e. The number of hydrogen-bond donors (Lipinski definition) is 1. The van der Waals surface area contributed by atoms with E-state index >= 15 is 0 Å². The smallest absolute Gasteiger partial charge is 0.0850 e. The molecule has 0 aliphatic heterocycles. The number of aryl methyl sites for hydroxylation is 3. The van der Waals surface area contributed by atoms with Crippen molar-refractivity contribution in [2.45, 2.75) is 52.7 Å². The van der Waals surface area contributed by atoms with Crippen LogP contribution in [0.25, 0.3) is 0 Å². The van der Waals surface area contributed by atoms with Crippen molar-refractivity contribution in [3.63, 3.8) is 0 Å². The third kappa shape index (κ3) is 3.86. The van der Waals surface area contributed by atoms with Gasteiger partial charge >= 0.3 is 0 Å². The predicted molar refractivity (Wildman–Crippen MR) is 86.9 cm³/mol. The lowest BCUT2D eigenvalue weighted by Gasteiger charge is -2.12. The summed E-state index contributed by atoms with van der Waals surface area (Å²) >= 11 is 6.39. The van der Waals surface area contributed by atoms with Gasteiger partial charge in [0.2, 0.25) is 0 Å². The zero-order valence-corrected chi connectivity index (χ0v) is 13.7. The summed E-state index contributed by atoms with van der Waals surface area (Å²) in [5.41, 5.74) is 4.22. The fourth-order valence-corrected chi connectivity index (χ4v) is 2.96. The molecule has 0 aliphatic rings. The summed E-state index contributed by atoms with van der Waals surface area (Å²) in [6.07, 6.45) is 1.53. The van der Waals surface area contributed by atoms with Gasteiger partial charge in [0, 0.05) is 13.0 Å². The van der Waals surface area contributed by atoms with E-state index in [9.17, 15) is 5.11 Å². The third-order valence-corrected chi connectivity index (χ3v) is 4.11. The molecule has 0 fully saturated rings. The Labute approximate surface area is 131 Å². The van der Waals surface area contributed by atoms with Gasteiger partial charge in [-0.3, -0.25) is 4.68 Å².